The summed E-state index contributed by atoms with van der Waals surface area (Å²) in [6.45, 7) is 6.43. The fourth-order valence-electron chi connectivity index (χ4n) is 3.52. The van der Waals surface area contributed by atoms with Gasteiger partial charge in [0.25, 0.3) is 0 Å². The number of likely N-dealkylation sites (tertiary alicyclic amines) is 1. The molecule has 1 aliphatic heterocycles. The van der Waals surface area contributed by atoms with Crippen molar-refractivity contribution in [3.8, 4) is 11.1 Å². The van der Waals surface area contributed by atoms with Gasteiger partial charge in [-0.1, -0.05) is 42.5 Å². The van der Waals surface area contributed by atoms with E-state index in [2.05, 4.69) is 30.3 Å². The molecular formula is C22H24N2O2S. The van der Waals surface area contributed by atoms with E-state index in [0.717, 1.165) is 45.7 Å². The molecule has 0 saturated carbocycles. The van der Waals surface area contributed by atoms with Gasteiger partial charge in [0.2, 0.25) is 0 Å². The largest absolute Gasteiger partial charge is 0.444 e. The number of para-hydroxylation sites is 1. The first kappa shape index (κ1) is 18.0. The molecular weight excluding hydrogens is 356 g/mol. The van der Waals surface area contributed by atoms with Crippen LogP contribution in [-0.2, 0) is 4.74 Å². The van der Waals surface area contributed by atoms with Crippen molar-refractivity contribution in [1.82, 2.24) is 9.88 Å². The van der Waals surface area contributed by atoms with Gasteiger partial charge in [0.15, 0.2) is 0 Å². The zero-order chi connectivity index (χ0) is 19.0. The fraction of sp³-hybridized carbons (Fsp3) is 0.364. The van der Waals surface area contributed by atoms with Crippen molar-refractivity contribution < 1.29 is 9.53 Å². The zero-order valence-corrected chi connectivity index (χ0v) is 16.8. The third-order valence-electron chi connectivity index (χ3n) is 4.69. The standard InChI is InChI=1S/C22H24N2O2S/c1-22(2,3)26-21(25)24-14-8-12-17(24)20-23-19-16(11-7-13-18(19)27-20)15-9-5-4-6-10-15/h4-7,9-11,13,17H,8,12,14H2,1-3H3/t17-/m0/s1. The first-order valence-corrected chi connectivity index (χ1v) is 10.2. The molecule has 1 aromatic heterocycles. The highest BCUT2D eigenvalue weighted by atomic mass is 32.1. The van der Waals surface area contributed by atoms with Crippen LogP contribution in [0.2, 0.25) is 0 Å². The third kappa shape index (κ3) is 3.69. The quantitative estimate of drug-likeness (QED) is 0.545. The minimum absolute atomic E-state index is 0.000809. The van der Waals surface area contributed by atoms with Crippen LogP contribution in [0.4, 0.5) is 4.79 Å². The summed E-state index contributed by atoms with van der Waals surface area (Å²) >= 11 is 1.68. The van der Waals surface area contributed by atoms with Crippen molar-refractivity contribution >= 4 is 27.6 Å². The molecule has 0 N–H and O–H groups in total. The Labute approximate surface area is 163 Å². The average molecular weight is 381 g/mol. The Morgan fingerprint density at radius 3 is 2.67 bits per heavy atom. The average Bonchev–Trinajstić information content (AvgIpc) is 3.27. The maximum absolute atomic E-state index is 12.6. The summed E-state index contributed by atoms with van der Waals surface area (Å²) in [5, 5.41) is 0.997. The van der Waals surface area contributed by atoms with E-state index in [1.807, 2.05) is 43.9 Å². The van der Waals surface area contributed by atoms with Crippen LogP contribution in [0.25, 0.3) is 21.3 Å². The highest BCUT2D eigenvalue weighted by Gasteiger charge is 2.35. The first-order chi connectivity index (χ1) is 12.9. The van der Waals surface area contributed by atoms with E-state index >= 15 is 0 Å². The Bertz CT molecular complexity index is 959. The summed E-state index contributed by atoms with van der Waals surface area (Å²) in [6.07, 6.45) is 1.66. The number of amides is 1. The molecule has 1 fully saturated rings. The van der Waals surface area contributed by atoms with Crippen molar-refractivity contribution in [3.63, 3.8) is 0 Å². The number of carbonyl (C=O) groups excluding carboxylic acids is 1. The number of thiazole rings is 1. The van der Waals surface area contributed by atoms with Gasteiger partial charge in [-0.05, 0) is 45.2 Å². The first-order valence-electron chi connectivity index (χ1n) is 9.37. The lowest BCUT2D eigenvalue weighted by Crippen LogP contribution is -2.36. The zero-order valence-electron chi connectivity index (χ0n) is 15.9. The van der Waals surface area contributed by atoms with E-state index in [0.29, 0.717) is 0 Å². The smallest absolute Gasteiger partial charge is 0.410 e. The Balaban J connectivity index is 1.69. The number of fused-ring (bicyclic) bond motifs is 1. The lowest BCUT2D eigenvalue weighted by atomic mass is 10.0. The Hall–Kier alpha value is -2.40. The molecule has 1 aliphatic rings. The van der Waals surface area contributed by atoms with Crippen LogP contribution in [0.15, 0.2) is 48.5 Å². The third-order valence-corrected chi connectivity index (χ3v) is 5.81. The normalized spacial score (nSPS) is 17.4. The minimum Gasteiger partial charge on any atom is -0.444 e. The molecule has 2 heterocycles. The maximum Gasteiger partial charge on any atom is 0.410 e. The van der Waals surface area contributed by atoms with E-state index < -0.39 is 5.60 Å². The van der Waals surface area contributed by atoms with Crippen LogP contribution in [0, 0.1) is 0 Å². The fourth-order valence-corrected chi connectivity index (χ4v) is 4.66. The molecule has 140 valence electrons. The van der Waals surface area contributed by atoms with Gasteiger partial charge in [-0.25, -0.2) is 9.78 Å². The van der Waals surface area contributed by atoms with Crippen molar-refractivity contribution in [2.45, 2.75) is 45.3 Å². The predicted molar refractivity (Wildman–Crippen MR) is 110 cm³/mol. The Kier molecular flexibility index (Phi) is 4.64. The summed E-state index contributed by atoms with van der Waals surface area (Å²) in [5.41, 5.74) is 2.82. The van der Waals surface area contributed by atoms with Crippen molar-refractivity contribution in [1.29, 1.82) is 0 Å². The second-order valence-electron chi connectivity index (χ2n) is 7.90. The van der Waals surface area contributed by atoms with Gasteiger partial charge in [-0.2, -0.15) is 0 Å². The summed E-state index contributed by atoms with van der Waals surface area (Å²) in [4.78, 5) is 19.4. The summed E-state index contributed by atoms with van der Waals surface area (Å²) in [7, 11) is 0. The van der Waals surface area contributed by atoms with E-state index in [9.17, 15) is 4.79 Å². The van der Waals surface area contributed by atoms with Gasteiger partial charge in [0.1, 0.15) is 10.6 Å². The molecule has 4 rings (SSSR count). The summed E-state index contributed by atoms with van der Waals surface area (Å²) < 4.78 is 6.76. The SMILES string of the molecule is CC(C)(C)OC(=O)N1CCC[C@H]1c1nc2c(-c3ccccc3)cccc2s1. The van der Waals surface area contributed by atoms with E-state index in [1.165, 1.54) is 0 Å². The molecule has 27 heavy (non-hydrogen) atoms. The lowest BCUT2D eigenvalue weighted by molar-refractivity contribution is 0.0224. The van der Waals surface area contributed by atoms with Crippen molar-refractivity contribution in [2.24, 2.45) is 0 Å². The van der Waals surface area contributed by atoms with E-state index in [4.69, 9.17) is 9.72 Å². The van der Waals surface area contributed by atoms with Crippen LogP contribution in [0.1, 0.15) is 44.7 Å². The maximum atomic E-state index is 12.6. The van der Waals surface area contributed by atoms with Crippen LogP contribution in [0.5, 0.6) is 0 Å². The van der Waals surface area contributed by atoms with Crippen LogP contribution in [0.3, 0.4) is 0 Å². The number of hydrogen-bond donors (Lipinski definition) is 0. The van der Waals surface area contributed by atoms with Crippen molar-refractivity contribution in [2.75, 3.05) is 6.54 Å². The number of carbonyl (C=O) groups is 1. The second kappa shape index (κ2) is 6.97. The molecule has 0 unspecified atom stereocenters. The lowest BCUT2D eigenvalue weighted by Gasteiger charge is -2.27. The number of rotatable bonds is 2. The molecule has 2 aromatic carbocycles. The van der Waals surface area contributed by atoms with E-state index in [-0.39, 0.29) is 12.1 Å². The molecule has 0 radical (unpaired) electrons. The number of ether oxygens (including phenoxy) is 1. The van der Waals surface area contributed by atoms with Gasteiger partial charge in [0.05, 0.1) is 16.3 Å². The van der Waals surface area contributed by atoms with Crippen LogP contribution < -0.4 is 0 Å². The molecule has 0 spiro atoms. The molecule has 1 atom stereocenters. The summed E-state index contributed by atoms with van der Waals surface area (Å²) in [5.74, 6) is 0. The highest BCUT2D eigenvalue weighted by Crippen LogP contribution is 2.39. The van der Waals surface area contributed by atoms with Crippen LogP contribution >= 0.6 is 11.3 Å². The summed E-state index contributed by atoms with van der Waals surface area (Å²) in [6, 6.07) is 16.6. The molecule has 1 saturated heterocycles. The molecule has 0 aliphatic carbocycles. The van der Waals surface area contributed by atoms with Gasteiger partial charge in [0, 0.05) is 12.1 Å². The number of aromatic nitrogens is 1. The van der Waals surface area contributed by atoms with Crippen LogP contribution in [-0.4, -0.2) is 28.1 Å². The molecule has 0 bridgehead atoms. The highest BCUT2D eigenvalue weighted by molar-refractivity contribution is 7.18. The Morgan fingerprint density at radius 2 is 1.93 bits per heavy atom. The molecule has 3 aromatic rings. The van der Waals surface area contributed by atoms with Gasteiger partial charge in [-0.15, -0.1) is 11.3 Å². The Morgan fingerprint density at radius 1 is 1.15 bits per heavy atom. The topological polar surface area (TPSA) is 42.4 Å². The minimum atomic E-state index is -0.488. The van der Waals surface area contributed by atoms with Gasteiger partial charge >= 0.3 is 6.09 Å². The number of hydrogen-bond acceptors (Lipinski definition) is 4. The molecule has 4 nitrogen and oxygen atoms in total. The number of benzene rings is 2. The second-order valence-corrected chi connectivity index (χ2v) is 8.96. The van der Waals surface area contributed by atoms with E-state index in [1.54, 1.807) is 11.3 Å². The predicted octanol–water partition coefficient (Wildman–Crippen LogP) is 6.04. The molecule has 1 amide bonds. The monoisotopic (exact) mass is 380 g/mol. The number of nitrogens with zero attached hydrogens (tertiary/aromatic N) is 2. The van der Waals surface area contributed by atoms with Gasteiger partial charge in [-0.3, -0.25) is 4.90 Å². The van der Waals surface area contributed by atoms with Gasteiger partial charge < -0.3 is 4.74 Å². The van der Waals surface area contributed by atoms with Crippen molar-refractivity contribution in [3.05, 3.63) is 53.5 Å². The molecule has 5 heteroatoms.